The molecule has 0 spiro atoms. The van der Waals surface area contributed by atoms with E-state index in [0.717, 1.165) is 69.8 Å². The fourth-order valence-electron chi connectivity index (χ4n) is 4.11. The van der Waals surface area contributed by atoms with Gasteiger partial charge in [0.25, 0.3) is 0 Å². The van der Waals surface area contributed by atoms with Crippen LogP contribution in [0.4, 0.5) is 0 Å². The van der Waals surface area contributed by atoms with Gasteiger partial charge in [0.15, 0.2) is 0 Å². The maximum atomic E-state index is 10.7. The summed E-state index contributed by atoms with van der Waals surface area (Å²) in [5.41, 5.74) is 9.71. The number of carboxylic acids is 1. The summed E-state index contributed by atoms with van der Waals surface area (Å²) in [6, 6.07) is 0. The summed E-state index contributed by atoms with van der Waals surface area (Å²) in [6.45, 7) is 17.4. The minimum atomic E-state index is -0.855. The molecule has 2 nitrogen and oxygen atoms in total. The van der Waals surface area contributed by atoms with Gasteiger partial charge in [0.2, 0.25) is 0 Å². The molecule has 0 amide bonds. The zero-order valence-electron chi connectivity index (χ0n) is 25.4. The first-order valence-electron chi connectivity index (χ1n) is 14.3. The SMILES string of the molecule is CC(C)=CCCC(C)=CCCC(C)=CCCC(C)=CCCC(C)=CCCC(C)=CCCC(C)=CC(=O)O. The van der Waals surface area contributed by atoms with Crippen molar-refractivity contribution in [3.63, 3.8) is 0 Å². The monoisotopic (exact) mass is 508 g/mol. The van der Waals surface area contributed by atoms with Gasteiger partial charge in [0.05, 0.1) is 0 Å². The van der Waals surface area contributed by atoms with E-state index in [0.29, 0.717) is 0 Å². The maximum absolute atomic E-state index is 10.7. The van der Waals surface area contributed by atoms with Gasteiger partial charge in [-0.15, -0.1) is 0 Å². The largest absolute Gasteiger partial charge is 0.478 e. The van der Waals surface area contributed by atoms with Crippen LogP contribution in [0.5, 0.6) is 0 Å². The average Bonchev–Trinajstić information content (AvgIpc) is 2.78. The molecule has 0 fully saturated rings. The first-order chi connectivity index (χ1) is 17.5. The number of carbonyl (C=O) groups is 1. The van der Waals surface area contributed by atoms with Crippen molar-refractivity contribution < 1.29 is 9.90 Å². The molecule has 0 unspecified atom stereocenters. The van der Waals surface area contributed by atoms with Crippen molar-refractivity contribution in [1.82, 2.24) is 0 Å². The molecule has 0 aliphatic carbocycles. The van der Waals surface area contributed by atoms with Crippen LogP contribution in [-0.2, 0) is 4.79 Å². The van der Waals surface area contributed by atoms with Gasteiger partial charge in [-0.1, -0.05) is 75.5 Å². The zero-order valence-corrected chi connectivity index (χ0v) is 25.4. The highest BCUT2D eigenvalue weighted by Gasteiger charge is 1.97. The van der Waals surface area contributed by atoms with Crippen LogP contribution in [0.1, 0.15) is 132 Å². The number of hydrogen-bond acceptors (Lipinski definition) is 1. The second-order valence-corrected chi connectivity index (χ2v) is 11.1. The normalized spacial score (nSPS) is 14.3. The van der Waals surface area contributed by atoms with Crippen molar-refractivity contribution in [3.05, 3.63) is 81.5 Å². The lowest BCUT2D eigenvalue weighted by Crippen LogP contribution is -1.89. The number of carboxylic acid groups (broad SMARTS) is 1. The summed E-state index contributed by atoms with van der Waals surface area (Å²) in [5, 5.41) is 8.77. The van der Waals surface area contributed by atoms with E-state index in [-0.39, 0.29) is 0 Å². The standard InChI is InChI=1S/C35H56O2/c1-28(2)15-9-16-29(3)17-10-18-30(4)19-11-20-31(5)21-12-22-32(6)23-13-24-33(7)25-14-26-34(8)27-35(36)37/h15,17,19,21,23,25,27H,9-14,16,18,20,22,24,26H2,1-8H3,(H,36,37). The number of aliphatic carboxylic acids is 1. The van der Waals surface area contributed by atoms with E-state index in [1.54, 1.807) is 0 Å². The number of hydrogen-bond donors (Lipinski definition) is 1. The molecule has 0 aliphatic heterocycles. The summed E-state index contributed by atoms with van der Waals surface area (Å²) in [5.74, 6) is -0.855. The van der Waals surface area contributed by atoms with E-state index in [4.69, 9.17) is 5.11 Å². The Balaban J connectivity index is 4.17. The molecule has 37 heavy (non-hydrogen) atoms. The smallest absolute Gasteiger partial charge is 0.328 e. The zero-order chi connectivity index (χ0) is 28.1. The molecule has 0 aliphatic rings. The average molecular weight is 509 g/mol. The second-order valence-electron chi connectivity index (χ2n) is 11.1. The van der Waals surface area contributed by atoms with Crippen molar-refractivity contribution in [2.24, 2.45) is 0 Å². The van der Waals surface area contributed by atoms with Crippen LogP contribution >= 0.6 is 0 Å². The highest BCUT2D eigenvalue weighted by molar-refractivity contribution is 5.80. The molecule has 0 saturated carbocycles. The van der Waals surface area contributed by atoms with Gasteiger partial charge < -0.3 is 5.11 Å². The molecule has 0 radical (unpaired) electrons. The Morgan fingerprint density at radius 1 is 0.432 bits per heavy atom. The van der Waals surface area contributed by atoms with E-state index in [1.807, 2.05) is 6.92 Å². The van der Waals surface area contributed by atoms with E-state index < -0.39 is 5.97 Å². The first-order valence-corrected chi connectivity index (χ1v) is 14.3. The van der Waals surface area contributed by atoms with Crippen molar-refractivity contribution in [1.29, 1.82) is 0 Å². The van der Waals surface area contributed by atoms with Gasteiger partial charge in [0, 0.05) is 6.08 Å². The molecular weight excluding hydrogens is 452 g/mol. The molecule has 208 valence electrons. The van der Waals surface area contributed by atoms with Crippen molar-refractivity contribution >= 4 is 5.97 Å². The Kier molecular flexibility index (Phi) is 20.3. The summed E-state index contributed by atoms with van der Waals surface area (Å²) < 4.78 is 0. The molecular formula is C35H56O2. The summed E-state index contributed by atoms with van der Waals surface area (Å²) >= 11 is 0. The van der Waals surface area contributed by atoms with E-state index in [9.17, 15) is 4.79 Å². The highest BCUT2D eigenvalue weighted by atomic mass is 16.4. The van der Waals surface area contributed by atoms with Crippen LogP contribution in [0.15, 0.2) is 81.5 Å². The Morgan fingerprint density at radius 2 is 0.676 bits per heavy atom. The Bertz CT molecular complexity index is 880. The quantitative estimate of drug-likeness (QED) is 0.139. The van der Waals surface area contributed by atoms with Crippen LogP contribution in [0, 0.1) is 0 Å². The molecule has 0 atom stereocenters. The molecule has 2 heteroatoms. The number of rotatable bonds is 19. The fraction of sp³-hybridized carbons (Fsp3) is 0.571. The molecule has 0 rings (SSSR count). The van der Waals surface area contributed by atoms with Crippen molar-refractivity contribution in [2.75, 3.05) is 0 Å². The van der Waals surface area contributed by atoms with E-state index in [2.05, 4.69) is 84.9 Å². The van der Waals surface area contributed by atoms with Crippen LogP contribution in [0.3, 0.4) is 0 Å². The molecule has 0 saturated heterocycles. The van der Waals surface area contributed by atoms with Crippen LogP contribution < -0.4 is 0 Å². The second kappa shape index (κ2) is 21.7. The van der Waals surface area contributed by atoms with Crippen LogP contribution in [0.2, 0.25) is 0 Å². The highest BCUT2D eigenvalue weighted by Crippen LogP contribution is 2.16. The maximum Gasteiger partial charge on any atom is 0.328 e. The summed E-state index contributed by atoms with van der Waals surface area (Å²) in [4.78, 5) is 10.7. The molecule has 1 N–H and O–H groups in total. The van der Waals surface area contributed by atoms with Crippen molar-refractivity contribution in [2.45, 2.75) is 132 Å². The lowest BCUT2D eigenvalue weighted by Gasteiger charge is -2.04. The van der Waals surface area contributed by atoms with Gasteiger partial charge in [-0.2, -0.15) is 0 Å². The molecule has 0 aromatic rings. The Morgan fingerprint density at radius 3 is 0.919 bits per heavy atom. The van der Waals surface area contributed by atoms with E-state index in [1.165, 1.54) is 52.4 Å². The summed E-state index contributed by atoms with van der Waals surface area (Å²) in [6.07, 6.45) is 28.6. The third-order valence-corrected chi connectivity index (χ3v) is 6.62. The predicted octanol–water partition coefficient (Wildman–Crippen LogP) is 11.4. The van der Waals surface area contributed by atoms with Crippen molar-refractivity contribution in [3.8, 4) is 0 Å². The lowest BCUT2D eigenvalue weighted by molar-refractivity contribution is -0.131. The molecule has 0 aromatic heterocycles. The van der Waals surface area contributed by atoms with Gasteiger partial charge in [-0.05, 0) is 132 Å². The van der Waals surface area contributed by atoms with Gasteiger partial charge >= 0.3 is 5.97 Å². The minimum Gasteiger partial charge on any atom is -0.478 e. The first kappa shape index (κ1) is 34.6. The third-order valence-electron chi connectivity index (χ3n) is 6.62. The van der Waals surface area contributed by atoms with Gasteiger partial charge in [0.1, 0.15) is 0 Å². The predicted molar refractivity (Wildman–Crippen MR) is 165 cm³/mol. The van der Waals surface area contributed by atoms with E-state index >= 15 is 0 Å². The van der Waals surface area contributed by atoms with Crippen LogP contribution in [-0.4, -0.2) is 11.1 Å². The minimum absolute atomic E-state index is 0.813. The van der Waals surface area contributed by atoms with Crippen LogP contribution in [0.25, 0.3) is 0 Å². The third kappa shape index (κ3) is 23.8. The molecule has 0 bridgehead atoms. The number of allylic oxidation sites excluding steroid dienone is 13. The molecule has 0 heterocycles. The fourth-order valence-corrected chi connectivity index (χ4v) is 4.11. The van der Waals surface area contributed by atoms with Gasteiger partial charge in [-0.3, -0.25) is 0 Å². The molecule has 0 aromatic carbocycles. The summed E-state index contributed by atoms with van der Waals surface area (Å²) in [7, 11) is 0. The van der Waals surface area contributed by atoms with Gasteiger partial charge in [-0.25, -0.2) is 4.79 Å². The Labute approximate surface area is 229 Å². The topological polar surface area (TPSA) is 37.3 Å². The lowest BCUT2D eigenvalue weighted by atomic mass is 10.0. The Hall–Kier alpha value is -2.35.